The molecule has 96 valence electrons. The van der Waals surface area contributed by atoms with E-state index in [9.17, 15) is 0 Å². The van der Waals surface area contributed by atoms with E-state index in [0.717, 1.165) is 28.2 Å². The molecule has 0 aliphatic heterocycles. The summed E-state index contributed by atoms with van der Waals surface area (Å²) in [6.45, 7) is 0.763. The molecule has 0 aliphatic carbocycles. The fourth-order valence-corrected chi connectivity index (χ4v) is 2.25. The minimum absolute atomic E-state index is 0.763. The SMILES string of the molecule is CN(Cc1cccnc1)c1ccc2ncc(Br)n2n1. The first-order valence-electron chi connectivity index (χ1n) is 5.84. The maximum absolute atomic E-state index is 4.54. The van der Waals surface area contributed by atoms with Crippen LogP contribution >= 0.6 is 15.9 Å². The van der Waals surface area contributed by atoms with E-state index in [2.05, 4.69) is 42.0 Å². The Morgan fingerprint density at radius 2 is 2.16 bits per heavy atom. The monoisotopic (exact) mass is 317 g/mol. The van der Waals surface area contributed by atoms with Crippen molar-refractivity contribution < 1.29 is 0 Å². The first kappa shape index (κ1) is 12.1. The van der Waals surface area contributed by atoms with Gasteiger partial charge in [0.1, 0.15) is 10.4 Å². The maximum Gasteiger partial charge on any atom is 0.154 e. The molecule has 0 aromatic carbocycles. The lowest BCUT2D eigenvalue weighted by molar-refractivity contribution is 0.831. The first-order chi connectivity index (χ1) is 9.24. The van der Waals surface area contributed by atoms with Gasteiger partial charge in [0, 0.05) is 26.0 Å². The Bertz CT molecular complexity index is 695. The van der Waals surface area contributed by atoms with Gasteiger partial charge < -0.3 is 4.90 Å². The Balaban J connectivity index is 1.89. The molecule has 0 saturated carbocycles. The summed E-state index contributed by atoms with van der Waals surface area (Å²) in [7, 11) is 2.01. The molecule has 3 aromatic rings. The van der Waals surface area contributed by atoms with Crippen LogP contribution in [0.15, 0.2) is 47.5 Å². The molecule has 0 amide bonds. The van der Waals surface area contributed by atoms with Crippen LogP contribution in [0.4, 0.5) is 5.82 Å². The molecule has 0 radical (unpaired) electrons. The molecule has 0 unspecified atom stereocenters. The Morgan fingerprint density at radius 3 is 2.95 bits per heavy atom. The van der Waals surface area contributed by atoms with Gasteiger partial charge in [-0.1, -0.05) is 6.07 Å². The number of anilines is 1. The Kier molecular flexibility index (Phi) is 3.16. The van der Waals surface area contributed by atoms with Gasteiger partial charge in [-0.2, -0.15) is 0 Å². The van der Waals surface area contributed by atoms with Gasteiger partial charge in [0.2, 0.25) is 0 Å². The number of rotatable bonds is 3. The Hall–Kier alpha value is -1.95. The quantitative estimate of drug-likeness (QED) is 0.744. The molecule has 0 spiro atoms. The van der Waals surface area contributed by atoms with Crippen LogP contribution < -0.4 is 4.90 Å². The van der Waals surface area contributed by atoms with Crippen molar-refractivity contribution in [3.8, 4) is 0 Å². The van der Waals surface area contributed by atoms with Crippen LogP contribution in [0.5, 0.6) is 0 Å². The normalized spacial score (nSPS) is 10.8. The average molecular weight is 318 g/mol. The van der Waals surface area contributed by atoms with Gasteiger partial charge in [0.05, 0.1) is 6.20 Å². The van der Waals surface area contributed by atoms with Crippen molar-refractivity contribution in [1.82, 2.24) is 19.6 Å². The number of hydrogen-bond donors (Lipinski definition) is 0. The molecule has 3 aromatic heterocycles. The van der Waals surface area contributed by atoms with Gasteiger partial charge in [0.25, 0.3) is 0 Å². The largest absolute Gasteiger partial charge is 0.354 e. The third kappa shape index (κ3) is 2.44. The molecule has 0 saturated heterocycles. The molecule has 0 atom stereocenters. The minimum Gasteiger partial charge on any atom is -0.354 e. The van der Waals surface area contributed by atoms with E-state index < -0.39 is 0 Å². The number of halogens is 1. The van der Waals surface area contributed by atoms with Gasteiger partial charge in [0.15, 0.2) is 5.65 Å². The third-order valence-corrected chi connectivity index (χ3v) is 3.38. The van der Waals surface area contributed by atoms with E-state index in [0.29, 0.717) is 0 Å². The number of hydrogen-bond acceptors (Lipinski definition) is 4. The van der Waals surface area contributed by atoms with Crippen molar-refractivity contribution in [1.29, 1.82) is 0 Å². The van der Waals surface area contributed by atoms with Gasteiger partial charge in [-0.15, -0.1) is 5.10 Å². The predicted molar refractivity (Wildman–Crippen MR) is 77.0 cm³/mol. The highest BCUT2D eigenvalue weighted by Gasteiger charge is 2.07. The van der Waals surface area contributed by atoms with Crippen LogP contribution in [0, 0.1) is 0 Å². The fraction of sp³-hybridized carbons (Fsp3) is 0.154. The summed E-state index contributed by atoms with van der Waals surface area (Å²) in [4.78, 5) is 10.4. The van der Waals surface area contributed by atoms with Crippen molar-refractivity contribution in [3.63, 3.8) is 0 Å². The fourth-order valence-electron chi connectivity index (χ4n) is 1.89. The Morgan fingerprint density at radius 1 is 1.26 bits per heavy atom. The summed E-state index contributed by atoms with van der Waals surface area (Å²) < 4.78 is 2.62. The zero-order chi connectivity index (χ0) is 13.2. The molecule has 0 fully saturated rings. The highest BCUT2D eigenvalue weighted by Crippen LogP contribution is 2.16. The summed E-state index contributed by atoms with van der Waals surface area (Å²) in [6, 6.07) is 7.90. The lowest BCUT2D eigenvalue weighted by atomic mass is 10.3. The third-order valence-electron chi connectivity index (χ3n) is 2.84. The van der Waals surface area contributed by atoms with Gasteiger partial charge in [-0.3, -0.25) is 4.98 Å². The molecule has 3 heterocycles. The van der Waals surface area contributed by atoms with Crippen LogP contribution in [0.3, 0.4) is 0 Å². The first-order valence-corrected chi connectivity index (χ1v) is 6.63. The summed E-state index contributed by atoms with van der Waals surface area (Å²) in [6.07, 6.45) is 5.38. The summed E-state index contributed by atoms with van der Waals surface area (Å²) >= 11 is 3.43. The summed E-state index contributed by atoms with van der Waals surface area (Å²) in [5.41, 5.74) is 1.97. The molecule has 6 heteroatoms. The highest BCUT2D eigenvalue weighted by molar-refractivity contribution is 9.10. The number of nitrogens with zero attached hydrogens (tertiary/aromatic N) is 5. The smallest absolute Gasteiger partial charge is 0.154 e. The van der Waals surface area contributed by atoms with E-state index in [1.54, 1.807) is 16.9 Å². The average Bonchev–Trinajstić information content (AvgIpc) is 2.81. The lowest BCUT2D eigenvalue weighted by Gasteiger charge is -2.17. The number of aromatic nitrogens is 4. The minimum atomic E-state index is 0.763. The molecule has 5 nitrogen and oxygen atoms in total. The van der Waals surface area contributed by atoms with Crippen molar-refractivity contribution in [2.24, 2.45) is 0 Å². The second-order valence-corrected chi connectivity index (χ2v) is 5.07. The van der Waals surface area contributed by atoms with E-state index in [1.165, 1.54) is 0 Å². The van der Waals surface area contributed by atoms with E-state index >= 15 is 0 Å². The van der Waals surface area contributed by atoms with Crippen LogP contribution in [-0.4, -0.2) is 26.6 Å². The van der Waals surface area contributed by atoms with Crippen LogP contribution in [0.1, 0.15) is 5.56 Å². The zero-order valence-corrected chi connectivity index (χ0v) is 11.9. The number of fused-ring (bicyclic) bond motifs is 1. The van der Waals surface area contributed by atoms with Gasteiger partial charge in [-0.05, 0) is 39.7 Å². The topological polar surface area (TPSA) is 46.3 Å². The Labute approximate surface area is 119 Å². The second kappa shape index (κ2) is 4.97. The maximum atomic E-state index is 4.54. The van der Waals surface area contributed by atoms with Gasteiger partial charge in [-0.25, -0.2) is 9.50 Å². The van der Waals surface area contributed by atoms with Crippen LogP contribution in [0.25, 0.3) is 5.65 Å². The van der Waals surface area contributed by atoms with Crippen molar-refractivity contribution in [2.75, 3.05) is 11.9 Å². The molecule has 0 aliphatic rings. The highest BCUT2D eigenvalue weighted by atomic mass is 79.9. The summed E-state index contributed by atoms with van der Waals surface area (Å²) in [5, 5.41) is 4.54. The van der Waals surface area contributed by atoms with E-state index in [-0.39, 0.29) is 0 Å². The number of imidazole rings is 1. The molecule has 0 N–H and O–H groups in total. The molecular weight excluding hydrogens is 306 g/mol. The van der Waals surface area contributed by atoms with Gasteiger partial charge >= 0.3 is 0 Å². The lowest BCUT2D eigenvalue weighted by Crippen LogP contribution is -2.18. The van der Waals surface area contributed by atoms with E-state index in [1.807, 2.05) is 31.4 Å². The summed E-state index contributed by atoms with van der Waals surface area (Å²) in [5.74, 6) is 0.884. The van der Waals surface area contributed by atoms with Crippen molar-refractivity contribution in [2.45, 2.75) is 6.54 Å². The second-order valence-electron chi connectivity index (χ2n) is 4.26. The number of pyridine rings is 1. The van der Waals surface area contributed by atoms with Crippen LogP contribution in [-0.2, 0) is 6.54 Å². The van der Waals surface area contributed by atoms with E-state index in [4.69, 9.17) is 0 Å². The predicted octanol–water partition coefficient (Wildman–Crippen LogP) is 2.52. The standard InChI is InChI=1S/C13H12BrN5/c1-18(9-10-3-2-6-15-7-10)13-5-4-12-16-8-11(14)19(12)17-13/h2-8H,9H2,1H3. The molecule has 3 rings (SSSR count). The molecule has 0 bridgehead atoms. The van der Waals surface area contributed by atoms with Crippen molar-refractivity contribution in [3.05, 3.63) is 53.0 Å². The zero-order valence-electron chi connectivity index (χ0n) is 10.4. The van der Waals surface area contributed by atoms with Crippen LogP contribution in [0.2, 0.25) is 0 Å². The van der Waals surface area contributed by atoms with Crippen molar-refractivity contribution >= 4 is 27.4 Å². The molecule has 19 heavy (non-hydrogen) atoms. The molecular formula is C13H12BrN5.